The van der Waals surface area contributed by atoms with Crippen molar-refractivity contribution in [2.75, 3.05) is 0 Å². The highest BCUT2D eigenvalue weighted by atomic mass is 79.9. The molecule has 0 aromatic heterocycles. The third-order valence-corrected chi connectivity index (χ3v) is 3.49. The normalized spacial score (nSPS) is 18.7. The first-order chi connectivity index (χ1) is 7.09. The lowest BCUT2D eigenvalue weighted by Crippen LogP contribution is -2.25. The first-order valence-electron chi connectivity index (χ1n) is 5.34. The minimum absolute atomic E-state index is 0.219. The molecule has 2 unspecified atom stereocenters. The molecule has 0 spiro atoms. The Hall–Kier alpha value is -0.380. The second kappa shape index (κ2) is 4.24. The summed E-state index contributed by atoms with van der Waals surface area (Å²) in [5.74, 6) is 0. The zero-order valence-corrected chi connectivity index (χ0v) is 10.4. The fraction of sp³-hybridized carbons (Fsp3) is 0.500. The van der Waals surface area contributed by atoms with Crippen LogP contribution in [0.2, 0.25) is 0 Å². The van der Waals surface area contributed by atoms with Gasteiger partial charge in [-0.05, 0) is 55.0 Å². The fourth-order valence-electron chi connectivity index (χ4n) is 2.25. The van der Waals surface area contributed by atoms with Crippen molar-refractivity contribution in [1.82, 2.24) is 0 Å². The standard InChI is InChI=1S/C12H16BrNO/c1-7(14)12(15)11-6-9(13)5-8-3-2-4-10(8)11/h5-7,12,15H,2-4,14H2,1H3. The Bertz CT molecular complexity index is 376. The van der Waals surface area contributed by atoms with E-state index in [-0.39, 0.29) is 6.04 Å². The van der Waals surface area contributed by atoms with Gasteiger partial charge in [-0.1, -0.05) is 15.9 Å². The van der Waals surface area contributed by atoms with Gasteiger partial charge < -0.3 is 10.8 Å². The fourth-order valence-corrected chi connectivity index (χ4v) is 2.77. The number of halogens is 1. The Morgan fingerprint density at radius 2 is 2.13 bits per heavy atom. The lowest BCUT2D eigenvalue weighted by atomic mass is 9.96. The lowest BCUT2D eigenvalue weighted by Gasteiger charge is -2.19. The third kappa shape index (κ3) is 2.10. The summed E-state index contributed by atoms with van der Waals surface area (Å²) in [5, 5.41) is 10.0. The molecule has 15 heavy (non-hydrogen) atoms. The Labute approximate surface area is 98.6 Å². The molecule has 0 aliphatic heterocycles. The molecule has 1 aromatic carbocycles. The highest BCUT2D eigenvalue weighted by Gasteiger charge is 2.22. The number of benzene rings is 1. The second-order valence-electron chi connectivity index (χ2n) is 4.29. The molecular weight excluding hydrogens is 254 g/mol. The molecule has 0 bridgehead atoms. The van der Waals surface area contributed by atoms with E-state index in [0.717, 1.165) is 22.9 Å². The molecule has 0 radical (unpaired) electrons. The number of rotatable bonds is 2. The minimum atomic E-state index is -0.547. The molecule has 0 fully saturated rings. The Kier molecular flexibility index (Phi) is 3.14. The van der Waals surface area contributed by atoms with Crippen LogP contribution in [0.3, 0.4) is 0 Å². The quantitative estimate of drug-likeness (QED) is 0.866. The van der Waals surface area contributed by atoms with Gasteiger partial charge in [0.25, 0.3) is 0 Å². The van der Waals surface area contributed by atoms with E-state index >= 15 is 0 Å². The monoisotopic (exact) mass is 269 g/mol. The Balaban J connectivity index is 2.47. The average Bonchev–Trinajstić information content (AvgIpc) is 2.62. The molecular formula is C12H16BrNO. The first-order valence-corrected chi connectivity index (χ1v) is 6.13. The summed E-state index contributed by atoms with van der Waals surface area (Å²) in [6, 6.07) is 3.93. The van der Waals surface area contributed by atoms with Gasteiger partial charge in [-0.3, -0.25) is 0 Å². The van der Waals surface area contributed by atoms with Gasteiger partial charge in [0.1, 0.15) is 0 Å². The van der Waals surface area contributed by atoms with Gasteiger partial charge in [-0.25, -0.2) is 0 Å². The summed E-state index contributed by atoms with van der Waals surface area (Å²) in [6.07, 6.45) is 2.83. The summed E-state index contributed by atoms with van der Waals surface area (Å²) in [7, 11) is 0. The average molecular weight is 270 g/mol. The zero-order chi connectivity index (χ0) is 11.0. The highest BCUT2D eigenvalue weighted by molar-refractivity contribution is 9.10. The number of nitrogens with two attached hydrogens (primary N) is 1. The van der Waals surface area contributed by atoms with E-state index in [4.69, 9.17) is 5.73 Å². The van der Waals surface area contributed by atoms with Crippen molar-refractivity contribution in [1.29, 1.82) is 0 Å². The summed E-state index contributed by atoms with van der Waals surface area (Å²) in [6.45, 7) is 1.84. The van der Waals surface area contributed by atoms with Gasteiger partial charge in [0, 0.05) is 10.5 Å². The number of hydrogen-bond acceptors (Lipinski definition) is 2. The van der Waals surface area contributed by atoms with E-state index in [1.165, 1.54) is 17.5 Å². The van der Waals surface area contributed by atoms with E-state index in [0.29, 0.717) is 0 Å². The molecule has 1 aliphatic carbocycles. The predicted octanol–water partition coefficient (Wildman–Crippen LogP) is 2.32. The van der Waals surface area contributed by atoms with Crippen LogP contribution in [-0.2, 0) is 12.8 Å². The summed E-state index contributed by atoms with van der Waals surface area (Å²) in [4.78, 5) is 0. The SMILES string of the molecule is CC(N)C(O)c1cc(Br)cc2c1CCC2. The van der Waals surface area contributed by atoms with Crippen LogP contribution < -0.4 is 5.73 Å². The molecule has 0 saturated carbocycles. The summed E-state index contributed by atoms with van der Waals surface area (Å²) in [5.41, 5.74) is 9.42. The van der Waals surface area contributed by atoms with Crippen molar-refractivity contribution in [2.45, 2.75) is 38.3 Å². The van der Waals surface area contributed by atoms with Gasteiger partial charge >= 0.3 is 0 Å². The smallest absolute Gasteiger partial charge is 0.0941 e. The largest absolute Gasteiger partial charge is 0.387 e. The summed E-state index contributed by atoms with van der Waals surface area (Å²) < 4.78 is 1.04. The topological polar surface area (TPSA) is 46.2 Å². The molecule has 0 amide bonds. The number of aliphatic hydroxyl groups excluding tert-OH is 1. The first kappa shape index (κ1) is 11.1. The molecule has 1 aliphatic rings. The van der Waals surface area contributed by atoms with E-state index in [1.807, 2.05) is 13.0 Å². The zero-order valence-electron chi connectivity index (χ0n) is 8.83. The molecule has 3 heteroatoms. The molecule has 2 rings (SSSR count). The maximum atomic E-state index is 10.0. The van der Waals surface area contributed by atoms with Crippen molar-refractivity contribution in [3.63, 3.8) is 0 Å². The molecule has 2 nitrogen and oxygen atoms in total. The van der Waals surface area contributed by atoms with Crippen molar-refractivity contribution in [3.8, 4) is 0 Å². The van der Waals surface area contributed by atoms with Gasteiger partial charge in [0.05, 0.1) is 6.10 Å². The van der Waals surface area contributed by atoms with Gasteiger partial charge in [-0.2, -0.15) is 0 Å². The number of hydrogen-bond donors (Lipinski definition) is 2. The van der Waals surface area contributed by atoms with Crippen LogP contribution in [-0.4, -0.2) is 11.1 Å². The number of fused-ring (bicyclic) bond motifs is 1. The maximum Gasteiger partial charge on any atom is 0.0941 e. The molecule has 2 atom stereocenters. The van der Waals surface area contributed by atoms with E-state index in [2.05, 4.69) is 22.0 Å². The molecule has 0 saturated heterocycles. The van der Waals surface area contributed by atoms with Gasteiger partial charge in [0.2, 0.25) is 0 Å². The molecule has 3 N–H and O–H groups in total. The van der Waals surface area contributed by atoms with Gasteiger partial charge in [-0.15, -0.1) is 0 Å². The Morgan fingerprint density at radius 1 is 1.40 bits per heavy atom. The molecule has 1 aromatic rings. The second-order valence-corrected chi connectivity index (χ2v) is 5.21. The Morgan fingerprint density at radius 3 is 2.80 bits per heavy atom. The van der Waals surface area contributed by atoms with E-state index in [1.54, 1.807) is 0 Å². The molecule has 0 heterocycles. The van der Waals surface area contributed by atoms with E-state index < -0.39 is 6.10 Å². The predicted molar refractivity (Wildman–Crippen MR) is 64.8 cm³/mol. The number of aliphatic hydroxyl groups is 1. The van der Waals surface area contributed by atoms with Crippen LogP contribution >= 0.6 is 15.9 Å². The van der Waals surface area contributed by atoms with Crippen LogP contribution in [0.25, 0.3) is 0 Å². The van der Waals surface area contributed by atoms with Crippen molar-refractivity contribution in [2.24, 2.45) is 5.73 Å². The van der Waals surface area contributed by atoms with Crippen LogP contribution in [0, 0.1) is 0 Å². The van der Waals surface area contributed by atoms with Gasteiger partial charge in [0.15, 0.2) is 0 Å². The highest BCUT2D eigenvalue weighted by Crippen LogP contribution is 2.33. The molecule has 82 valence electrons. The number of aryl methyl sites for hydroxylation is 1. The van der Waals surface area contributed by atoms with Crippen LogP contribution in [0.1, 0.15) is 36.1 Å². The van der Waals surface area contributed by atoms with Crippen molar-refractivity contribution in [3.05, 3.63) is 33.3 Å². The van der Waals surface area contributed by atoms with E-state index in [9.17, 15) is 5.11 Å². The minimum Gasteiger partial charge on any atom is -0.387 e. The van der Waals surface area contributed by atoms with Crippen LogP contribution in [0.4, 0.5) is 0 Å². The lowest BCUT2D eigenvalue weighted by molar-refractivity contribution is 0.152. The van der Waals surface area contributed by atoms with Crippen LogP contribution in [0.5, 0.6) is 0 Å². The third-order valence-electron chi connectivity index (χ3n) is 3.03. The van der Waals surface area contributed by atoms with Crippen LogP contribution in [0.15, 0.2) is 16.6 Å². The maximum absolute atomic E-state index is 10.0. The summed E-state index contributed by atoms with van der Waals surface area (Å²) >= 11 is 3.48. The van der Waals surface area contributed by atoms with Crippen molar-refractivity contribution >= 4 is 15.9 Å². The van der Waals surface area contributed by atoms with Crippen molar-refractivity contribution < 1.29 is 5.11 Å².